The molecule has 0 amide bonds. The van der Waals surface area contributed by atoms with Crippen LogP contribution in [-0.4, -0.2) is 54.5 Å². The molecule has 2 N–H and O–H groups in total. The van der Waals surface area contributed by atoms with E-state index < -0.39 is 36.2 Å². The molecule has 0 spiro atoms. The van der Waals surface area contributed by atoms with Gasteiger partial charge in [-0.25, -0.2) is 4.79 Å². The summed E-state index contributed by atoms with van der Waals surface area (Å²) in [6.07, 6.45) is 1.30. The zero-order chi connectivity index (χ0) is 28.7. The van der Waals surface area contributed by atoms with E-state index in [2.05, 4.69) is 5.32 Å². The predicted molar refractivity (Wildman–Crippen MR) is 141 cm³/mol. The van der Waals surface area contributed by atoms with Gasteiger partial charge in [0.25, 0.3) is 0 Å². The van der Waals surface area contributed by atoms with Crippen LogP contribution in [0.15, 0.2) is 18.2 Å². The summed E-state index contributed by atoms with van der Waals surface area (Å²) in [5.41, 5.74) is 0.550. The molecular formula is C28H43NO9. The first-order valence-electron chi connectivity index (χ1n) is 13.3. The van der Waals surface area contributed by atoms with Crippen molar-refractivity contribution in [2.75, 3.05) is 13.2 Å². The molecule has 10 nitrogen and oxygen atoms in total. The molecule has 4 atom stereocenters. The van der Waals surface area contributed by atoms with E-state index in [4.69, 9.17) is 18.9 Å². The molecule has 0 aromatic heterocycles. The zero-order valence-corrected chi connectivity index (χ0v) is 23.4. The summed E-state index contributed by atoms with van der Waals surface area (Å²) >= 11 is 0. The molecule has 0 aliphatic rings. The summed E-state index contributed by atoms with van der Waals surface area (Å²) in [7, 11) is 0. The lowest BCUT2D eigenvalue weighted by Crippen LogP contribution is -2.42. The smallest absolute Gasteiger partial charge is 0.480 e. The Bertz CT molecular complexity index is 918. The molecule has 0 saturated carbocycles. The number of rotatable bonds is 17. The van der Waals surface area contributed by atoms with Crippen molar-refractivity contribution < 1.29 is 43.2 Å². The summed E-state index contributed by atoms with van der Waals surface area (Å²) in [5.74, 6) is -1.59. The van der Waals surface area contributed by atoms with Gasteiger partial charge < -0.3 is 29.4 Å². The number of hydrogen-bond acceptors (Lipinski definition) is 9. The van der Waals surface area contributed by atoms with Crippen molar-refractivity contribution in [2.45, 2.75) is 92.2 Å². The van der Waals surface area contributed by atoms with Gasteiger partial charge >= 0.3 is 24.1 Å². The monoisotopic (exact) mass is 537 g/mol. The predicted octanol–water partition coefficient (Wildman–Crippen LogP) is 4.91. The van der Waals surface area contributed by atoms with Gasteiger partial charge in [-0.15, -0.1) is 0 Å². The highest BCUT2D eigenvalue weighted by molar-refractivity contribution is 5.77. The van der Waals surface area contributed by atoms with Crippen molar-refractivity contribution in [1.82, 2.24) is 5.32 Å². The van der Waals surface area contributed by atoms with Crippen molar-refractivity contribution >= 4 is 24.1 Å². The number of carboxylic acid groups (broad SMARTS) is 1. The fraction of sp³-hybridized carbons (Fsp3) is 0.643. The Kier molecular flexibility index (Phi) is 15.0. The van der Waals surface area contributed by atoms with Crippen LogP contribution >= 0.6 is 0 Å². The lowest BCUT2D eigenvalue weighted by atomic mass is 10.0. The summed E-state index contributed by atoms with van der Waals surface area (Å²) in [4.78, 5) is 48.4. The second-order valence-corrected chi connectivity index (χ2v) is 9.69. The Labute approximate surface area is 225 Å². The van der Waals surface area contributed by atoms with E-state index in [0.717, 1.165) is 12.8 Å². The Morgan fingerprint density at radius 2 is 1.47 bits per heavy atom. The Morgan fingerprint density at radius 1 is 0.895 bits per heavy atom. The molecule has 38 heavy (non-hydrogen) atoms. The van der Waals surface area contributed by atoms with Crippen molar-refractivity contribution in [2.24, 2.45) is 11.8 Å². The van der Waals surface area contributed by atoms with Crippen LogP contribution in [0.1, 0.15) is 79.2 Å². The topological polar surface area (TPSA) is 137 Å². The van der Waals surface area contributed by atoms with Crippen molar-refractivity contribution in [3.8, 4) is 11.5 Å². The second-order valence-electron chi connectivity index (χ2n) is 9.69. The Hall–Kier alpha value is -3.14. The third-order valence-electron chi connectivity index (χ3n) is 5.99. The number of benzene rings is 1. The van der Waals surface area contributed by atoms with Gasteiger partial charge in [-0.1, -0.05) is 53.5 Å². The first-order chi connectivity index (χ1) is 18.0. The molecule has 0 radical (unpaired) electrons. The van der Waals surface area contributed by atoms with Gasteiger partial charge in [0.05, 0.1) is 6.61 Å². The number of ether oxygens (including phenoxy) is 4. The van der Waals surface area contributed by atoms with Crippen molar-refractivity contribution in [1.29, 1.82) is 0 Å². The van der Waals surface area contributed by atoms with Gasteiger partial charge in [-0.3, -0.25) is 14.4 Å². The maximum atomic E-state index is 12.5. The lowest BCUT2D eigenvalue weighted by Gasteiger charge is -2.19. The summed E-state index contributed by atoms with van der Waals surface area (Å²) in [6, 6.07) is 3.62. The molecule has 10 heteroatoms. The normalized spacial score (nSPS) is 14.1. The highest BCUT2D eigenvalue weighted by Gasteiger charge is 2.22. The van der Waals surface area contributed by atoms with E-state index in [-0.39, 0.29) is 55.7 Å². The number of aliphatic carboxylic acids is 1. The first-order valence-corrected chi connectivity index (χ1v) is 13.3. The van der Waals surface area contributed by atoms with Crippen LogP contribution < -0.4 is 14.8 Å². The number of nitrogens with one attached hydrogen (secondary N) is 1. The largest absolute Gasteiger partial charge is 0.508 e. The third kappa shape index (κ3) is 12.9. The zero-order valence-electron chi connectivity index (χ0n) is 23.4. The van der Waals surface area contributed by atoms with Crippen LogP contribution in [0.25, 0.3) is 0 Å². The van der Waals surface area contributed by atoms with Crippen LogP contribution in [0.3, 0.4) is 0 Å². The molecule has 3 unspecified atom stereocenters. The molecule has 0 bridgehead atoms. The maximum Gasteiger partial charge on any atom is 0.508 e. The highest BCUT2D eigenvalue weighted by atomic mass is 16.7. The van der Waals surface area contributed by atoms with E-state index in [1.165, 1.54) is 12.1 Å². The molecule has 1 aromatic carbocycles. The van der Waals surface area contributed by atoms with Crippen LogP contribution in [-0.2, 0) is 30.3 Å². The SMILES string of the molecule is CCCOC(=O)OC(C)CN[C@@H](Cc1ccc(OC(=O)CC(C)CC)c(OC(=O)CC(C)CC)c1)C(=O)O. The fourth-order valence-corrected chi connectivity index (χ4v) is 3.25. The van der Waals surface area contributed by atoms with E-state index >= 15 is 0 Å². The van der Waals surface area contributed by atoms with Gasteiger partial charge in [0.15, 0.2) is 11.5 Å². The van der Waals surface area contributed by atoms with E-state index in [1.807, 2.05) is 34.6 Å². The number of hydrogen-bond donors (Lipinski definition) is 2. The first kappa shape index (κ1) is 32.9. The fourth-order valence-electron chi connectivity index (χ4n) is 3.25. The summed E-state index contributed by atoms with van der Waals surface area (Å²) in [5, 5.41) is 12.6. The lowest BCUT2D eigenvalue weighted by molar-refractivity contribution is -0.139. The summed E-state index contributed by atoms with van der Waals surface area (Å²) in [6.45, 7) is 11.6. The molecular weight excluding hydrogens is 494 g/mol. The molecule has 0 saturated heterocycles. The highest BCUT2D eigenvalue weighted by Crippen LogP contribution is 2.30. The van der Waals surface area contributed by atoms with Gasteiger partial charge in [0, 0.05) is 19.4 Å². The average molecular weight is 538 g/mol. The van der Waals surface area contributed by atoms with Gasteiger partial charge in [0.1, 0.15) is 12.1 Å². The maximum absolute atomic E-state index is 12.5. The Balaban J connectivity index is 3.00. The molecule has 0 aliphatic carbocycles. The number of esters is 2. The van der Waals surface area contributed by atoms with Crippen LogP contribution in [0, 0.1) is 11.8 Å². The second kappa shape index (κ2) is 17.4. The summed E-state index contributed by atoms with van der Waals surface area (Å²) < 4.78 is 21.0. The third-order valence-corrected chi connectivity index (χ3v) is 5.99. The standard InChI is InChI=1S/C28H43NO9/c1-7-12-35-28(34)36-20(6)17-29-22(27(32)33)15-21-10-11-23(37-25(30)13-18(4)8-2)24(16-21)38-26(31)14-19(5)9-3/h10-11,16,18-20,22,29H,7-9,12-15,17H2,1-6H3,(H,32,33)/t18?,19?,20?,22-/m0/s1. The minimum absolute atomic E-state index is 0.0410. The van der Waals surface area contributed by atoms with Crippen LogP contribution in [0.2, 0.25) is 0 Å². The van der Waals surface area contributed by atoms with Crippen LogP contribution in [0.4, 0.5) is 4.79 Å². The van der Waals surface area contributed by atoms with Gasteiger partial charge in [0.2, 0.25) is 0 Å². The average Bonchev–Trinajstić information content (AvgIpc) is 2.86. The quantitative estimate of drug-likeness (QED) is 0.208. The number of carboxylic acids is 1. The van der Waals surface area contributed by atoms with Crippen molar-refractivity contribution in [3.63, 3.8) is 0 Å². The minimum atomic E-state index is -1.11. The van der Waals surface area contributed by atoms with Crippen molar-refractivity contribution in [3.05, 3.63) is 23.8 Å². The van der Waals surface area contributed by atoms with Gasteiger partial charge in [-0.05, 0) is 49.3 Å². The molecule has 214 valence electrons. The molecule has 1 rings (SSSR count). The molecule has 1 aromatic rings. The van der Waals surface area contributed by atoms with E-state index in [9.17, 15) is 24.3 Å². The Morgan fingerprint density at radius 3 is 2.00 bits per heavy atom. The minimum Gasteiger partial charge on any atom is -0.480 e. The van der Waals surface area contributed by atoms with E-state index in [1.54, 1.807) is 13.0 Å². The van der Waals surface area contributed by atoms with E-state index in [0.29, 0.717) is 12.0 Å². The molecule has 0 aliphatic heterocycles. The molecule has 0 fully saturated rings. The molecule has 0 heterocycles. The van der Waals surface area contributed by atoms with Crippen LogP contribution in [0.5, 0.6) is 11.5 Å². The number of carbonyl (C=O) groups is 4. The number of carbonyl (C=O) groups excluding carboxylic acids is 3. The van der Waals surface area contributed by atoms with Gasteiger partial charge in [-0.2, -0.15) is 0 Å².